The standard InChI is InChI=1S/C11H14O2/c1-6-8-7-4-11(7,8)10(2,5-13-3)9(6)12/h4,6,8H,5H2,1-3H3. The fourth-order valence-electron chi connectivity index (χ4n) is 3.51. The van der Waals surface area contributed by atoms with Crippen molar-refractivity contribution < 1.29 is 9.53 Å². The molecule has 4 atom stereocenters. The minimum atomic E-state index is -0.235. The molecule has 0 radical (unpaired) electrons. The summed E-state index contributed by atoms with van der Waals surface area (Å²) < 4.78 is 5.18. The van der Waals surface area contributed by atoms with Crippen molar-refractivity contribution in [2.75, 3.05) is 13.7 Å². The van der Waals surface area contributed by atoms with Crippen molar-refractivity contribution in [2.45, 2.75) is 13.8 Å². The zero-order valence-electron chi connectivity index (χ0n) is 8.26. The maximum Gasteiger partial charge on any atom is 0.145 e. The molecule has 3 aliphatic rings. The third-order valence-corrected chi connectivity index (χ3v) is 4.32. The van der Waals surface area contributed by atoms with E-state index in [9.17, 15) is 4.79 Å². The van der Waals surface area contributed by atoms with E-state index in [-0.39, 0.29) is 16.7 Å². The van der Waals surface area contributed by atoms with Crippen LogP contribution >= 0.6 is 0 Å². The van der Waals surface area contributed by atoms with Crippen molar-refractivity contribution in [3.8, 4) is 0 Å². The topological polar surface area (TPSA) is 26.3 Å². The van der Waals surface area contributed by atoms with E-state index in [1.54, 1.807) is 7.11 Å². The van der Waals surface area contributed by atoms with Crippen LogP contribution in [0.5, 0.6) is 0 Å². The van der Waals surface area contributed by atoms with Gasteiger partial charge < -0.3 is 4.74 Å². The maximum absolute atomic E-state index is 12.0. The molecule has 0 heterocycles. The van der Waals surface area contributed by atoms with Crippen LogP contribution in [-0.4, -0.2) is 19.5 Å². The van der Waals surface area contributed by atoms with Gasteiger partial charge in [0.05, 0.1) is 12.0 Å². The first kappa shape index (κ1) is 7.74. The van der Waals surface area contributed by atoms with Crippen LogP contribution in [0.3, 0.4) is 0 Å². The summed E-state index contributed by atoms with van der Waals surface area (Å²) in [5.74, 6) is 1.22. The van der Waals surface area contributed by atoms with Crippen LogP contribution in [0.15, 0.2) is 11.6 Å². The number of hydrogen-bond donors (Lipinski definition) is 0. The molecule has 0 N–H and O–H groups in total. The number of Topliss-reactive ketones (excluding diaryl/α,β-unsaturated/α-hetero) is 1. The quantitative estimate of drug-likeness (QED) is 0.598. The molecule has 1 spiro atoms. The highest BCUT2D eigenvalue weighted by atomic mass is 16.5. The molecule has 13 heavy (non-hydrogen) atoms. The second-order valence-corrected chi connectivity index (χ2v) is 4.86. The number of rotatable bonds is 2. The van der Waals surface area contributed by atoms with Crippen LogP contribution in [-0.2, 0) is 9.53 Å². The summed E-state index contributed by atoms with van der Waals surface area (Å²) in [5.41, 5.74) is 1.49. The van der Waals surface area contributed by atoms with Gasteiger partial charge in [0.1, 0.15) is 5.78 Å². The molecule has 0 aromatic rings. The Balaban J connectivity index is 2.00. The predicted octanol–water partition coefficient (Wildman–Crippen LogP) is 1.41. The fraction of sp³-hybridized carbons (Fsp3) is 0.727. The van der Waals surface area contributed by atoms with Gasteiger partial charge in [0.15, 0.2) is 0 Å². The molecular formula is C11H14O2. The Bertz CT molecular complexity index is 344. The Labute approximate surface area is 78.0 Å². The number of fused-ring (bicyclic) bond motifs is 1. The lowest BCUT2D eigenvalue weighted by Crippen LogP contribution is -2.35. The molecule has 2 nitrogen and oxygen atoms in total. The van der Waals surface area contributed by atoms with Crippen LogP contribution in [0.25, 0.3) is 0 Å². The van der Waals surface area contributed by atoms with Gasteiger partial charge in [0.25, 0.3) is 0 Å². The van der Waals surface area contributed by atoms with Gasteiger partial charge in [-0.15, -0.1) is 0 Å². The number of carbonyl (C=O) groups excluding carboxylic acids is 1. The molecule has 2 saturated carbocycles. The lowest BCUT2D eigenvalue weighted by atomic mass is 9.79. The molecule has 3 aliphatic carbocycles. The number of carbonyl (C=O) groups is 1. The number of allylic oxidation sites excluding steroid dienone is 2. The van der Waals surface area contributed by atoms with E-state index in [1.165, 1.54) is 5.57 Å². The molecule has 0 saturated heterocycles. The zero-order chi connectivity index (χ0) is 9.43. The van der Waals surface area contributed by atoms with Crippen LogP contribution in [0.4, 0.5) is 0 Å². The summed E-state index contributed by atoms with van der Waals surface area (Å²) in [6.07, 6.45) is 2.26. The molecule has 0 aromatic heterocycles. The Morgan fingerprint density at radius 3 is 2.77 bits per heavy atom. The monoisotopic (exact) mass is 178 g/mol. The summed E-state index contributed by atoms with van der Waals surface area (Å²) in [5, 5.41) is 0. The Kier molecular flexibility index (Phi) is 1.05. The van der Waals surface area contributed by atoms with E-state index in [2.05, 4.69) is 19.9 Å². The van der Waals surface area contributed by atoms with E-state index in [0.717, 1.165) is 0 Å². The molecular weight excluding hydrogens is 164 g/mol. The van der Waals surface area contributed by atoms with Crippen LogP contribution < -0.4 is 0 Å². The third kappa shape index (κ3) is 0.531. The van der Waals surface area contributed by atoms with Gasteiger partial charge in [-0.05, 0) is 6.92 Å². The first-order valence-corrected chi connectivity index (χ1v) is 4.86. The maximum atomic E-state index is 12.0. The fourth-order valence-corrected chi connectivity index (χ4v) is 3.51. The van der Waals surface area contributed by atoms with E-state index < -0.39 is 0 Å². The molecule has 0 bridgehead atoms. The van der Waals surface area contributed by atoms with Gasteiger partial charge in [0.2, 0.25) is 0 Å². The smallest absolute Gasteiger partial charge is 0.145 e. The highest BCUT2D eigenvalue weighted by Crippen LogP contribution is 2.86. The van der Waals surface area contributed by atoms with Gasteiger partial charge in [-0.2, -0.15) is 0 Å². The Morgan fingerprint density at radius 2 is 2.31 bits per heavy atom. The largest absolute Gasteiger partial charge is 0.384 e. The van der Waals surface area contributed by atoms with Crippen molar-refractivity contribution >= 4 is 5.78 Å². The molecule has 70 valence electrons. The van der Waals surface area contributed by atoms with Gasteiger partial charge >= 0.3 is 0 Å². The molecule has 2 fully saturated rings. The number of ether oxygens (including phenoxy) is 1. The molecule has 2 heteroatoms. The highest BCUT2D eigenvalue weighted by Gasteiger charge is 2.85. The predicted molar refractivity (Wildman–Crippen MR) is 48.2 cm³/mol. The molecule has 0 aliphatic heterocycles. The summed E-state index contributed by atoms with van der Waals surface area (Å²) in [7, 11) is 1.68. The summed E-state index contributed by atoms with van der Waals surface area (Å²) in [6.45, 7) is 4.70. The number of ketones is 1. The van der Waals surface area contributed by atoms with E-state index in [1.807, 2.05) is 0 Å². The minimum absolute atomic E-state index is 0.194. The van der Waals surface area contributed by atoms with E-state index in [0.29, 0.717) is 18.3 Å². The first-order chi connectivity index (χ1) is 6.09. The Hall–Kier alpha value is -0.630. The minimum Gasteiger partial charge on any atom is -0.384 e. The summed E-state index contributed by atoms with van der Waals surface area (Å²) >= 11 is 0. The Morgan fingerprint density at radius 1 is 1.62 bits per heavy atom. The van der Waals surface area contributed by atoms with Gasteiger partial charge in [-0.25, -0.2) is 0 Å². The van der Waals surface area contributed by atoms with Crippen molar-refractivity contribution in [2.24, 2.45) is 22.7 Å². The molecule has 3 rings (SSSR count). The molecule has 4 unspecified atom stereocenters. The highest BCUT2D eigenvalue weighted by molar-refractivity contribution is 5.99. The third-order valence-electron chi connectivity index (χ3n) is 4.32. The van der Waals surface area contributed by atoms with Gasteiger partial charge in [0, 0.05) is 24.4 Å². The number of hydrogen-bond acceptors (Lipinski definition) is 2. The molecule has 0 amide bonds. The van der Waals surface area contributed by atoms with Crippen LogP contribution in [0, 0.1) is 22.7 Å². The lowest BCUT2D eigenvalue weighted by Gasteiger charge is -2.26. The van der Waals surface area contributed by atoms with Gasteiger partial charge in [-0.3, -0.25) is 4.79 Å². The first-order valence-electron chi connectivity index (χ1n) is 4.86. The van der Waals surface area contributed by atoms with Crippen LogP contribution in [0.2, 0.25) is 0 Å². The second-order valence-electron chi connectivity index (χ2n) is 4.86. The van der Waals surface area contributed by atoms with Crippen molar-refractivity contribution in [3.05, 3.63) is 11.6 Å². The lowest BCUT2D eigenvalue weighted by molar-refractivity contribution is -0.132. The van der Waals surface area contributed by atoms with Crippen LogP contribution in [0.1, 0.15) is 13.8 Å². The van der Waals surface area contributed by atoms with Crippen molar-refractivity contribution in [1.29, 1.82) is 0 Å². The molecule has 0 aromatic carbocycles. The van der Waals surface area contributed by atoms with E-state index in [4.69, 9.17) is 4.74 Å². The summed E-state index contributed by atoms with van der Waals surface area (Å²) in [6, 6.07) is 0. The van der Waals surface area contributed by atoms with Gasteiger partial charge in [-0.1, -0.05) is 18.6 Å². The normalized spacial score (nSPS) is 55.6. The number of methoxy groups -OCH3 is 1. The van der Waals surface area contributed by atoms with Crippen molar-refractivity contribution in [1.82, 2.24) is 0 Å². The summed E-state index contributed by atoms with van der Waals surface area (Å²) in [4.78, 5) is 12.0. The average Bonchev–Trinajstić information content (AvgIpc) is 2.87. The second kappa shape index (κ2) is 1.76. The average molecular weight is 178 g/mol. The van der Waals surface area contributed by atoms with Crippen molar-refractivity contribution in [3.63, 3.8) is 0 Å². The SMILES string of the molecule is COCC1(C)C(=O)C(C)C2C3=CC321. The zero-order valence-corrected chi connectivity index (χ0v) is 8.26. The van der Waals surface area contributed by atoms with E-state index >= 15 is 0 Å².